The zero-order valence-electron chi connectivity index (χ0n) is 17.6. The average Bonchev–Trinajstić information content (AvgIpc) is 2.85. The van der Waals surface area contributed by atoms with Crippen LogP contribution in [0.2, 0.25) is 5.02 Å². The molecule has 166 valence electrons. The molecule has 4 rings (SSSR count). The molecule has 0 spiro atoms. The van der Waals surface area contributed by atoms with E-state index in [-0.39, 0.29) is 6.03 Å². The minimum absolute atomic E-state index is 0.324. The van der Waals surface area contributed by atoms with Gasteiger partial charge < -0.3 is 15.4 Å². The van der Waals surface area contributed by atoms with Gasteiger partial charge in [0.15, 0.2) is 11.0 Å². The summed E-state index contributed by atoms with van der Waals surface area (Å²) in [6, 6.07) is 31.5. The van der Waals surface area contributed by atoms with Crippen LogP contribution in [0, 0.1) is 0 Å². The van der Waals surface area contributed by atoms with Crippen LogP contribution < -0.4 is 15.4 Å². The fourth-order valence-electron chi connectivity index (χ4n) is 3.26. The molecule has 0 bridgehead atoms. The molecule has 0 fully saturated rings. The Morgan fingerprint density at radius 1 is 0.758 bits per heavy atom. The number of nitrogens with one attached hydrogen (secondary N) is 3. The maximum atomic E-state index is 13.0. The van der Waals surface area contributed by atoms with Gasteiger partial charge in [0.1, 0.15) is 0 Å². The third-order valence-corrected chi connectivity index (χ3v) is 6.47. The predicted octanol–water partition coefficient (Wildman–Crippen LogP) is 6.46. The van der Waals surface area contributed by atoms with Gasteiger partial charge in [0, 0.05) is 22.9 Å². The zero-order valence-corrected chi connectivity index (χ0v) is 19.2. The lowest BCUT2D eigenvalue weighted by Gasteiger charge is -2.12. The largest absolute Gasteiger partial charge is 0.334 e. The Hall–Kier alpha value is -3.61. The highest BCUT2D eigenvalue weighted by atomic mass is 35.5. The van der Waals surface area contributed by atoms with Gasteiger partial charge in [0.25, 0.3) is 0 Å². The minimum atomic E-state index is -1.45. The van der Waals surface area contributed by atoms with E-state index >= 15 is 0 Å². The monoisotopic (exact) mass is 475 g/mol. The van der Waals surface area contributed by atoms with Crippen molar-refractivity contribution in [1.29, 1.82) is 0 Å². The van der Waals surface area contributed by atoms with Crippen LogP contribution in [0.3, 0.4) is 0 Å². The van der Waals surface area contributed by atoms with Gasteiger partial charge in [-0.05, 0) is 53.1 Å². The molecule has 1 unspecified atom stereocenters. The van der Waals surface area contributed by atoms with Gasteiger partial charge in [0.05, 0.1) is 4.90 Å². The Kier molecular flexibility index (Phi) is 7.40. The van der Waals surface area contributed by atoms with Crippen LogP contribution in [0.1, 0.15) is 5.56 Å². The van der Waals surface area contributed by atoms with Crippen molar-refractivity contribution in [2.45, 2.75) is 11.4 Å². The highest BCUT2D eigenvalue weighted by molar-refractivity contribution is 7.86. The number of urea groups is 1. The summed E-state index contributed by atoms with van der Waals surface area (Å²) in [5.74, 6) is 0. The number of carbonyl (C=O) groups is 1. The van der Waals surface area contributed by atoms with Crippen LogP contribution in [0.25, 0.3) is 11.1 Å². The minimum Gasteiger partial charge on any atom is -0.334 e. The Balaban J connectivity index is 1.37. The van der Waals surface area contributed by atoms with Gasteiger partial charge in [-0.15, -0.1) is 0 Å². The lowest BCUT2D eigenvalue weighted by molar-refractivity contribution is 0.251. The van der Waals surface area contributed by atoms with Crippen molar-refractivity contribution in [3.05, 3.63) is 114 Å². The van der Waals surface area contributed by atoms with Crippen LogP contribution in [-0.4, -0.2) is 10.2 Å². The molecular weight excluding hydrogens is 454 g/mol. The Morgan fingerprint density at radius 2 is 1.39 bits per heavy atom. The Labute approximate surface area is 200 Å². The van der Waals surface area contributed by atoms with Crippen molar-refractivity contribution in [1.82, 2.24) is 5.32 Å². The number of carbonyl (C=O) groups excluding carboxylic acids is 1. The molecule has 1 atom stereocenters. The maximum Gasteiger partial charge on any atom is 0.319 e. The first kappa shape index (κ1) is 22.6. The van der Waals surface area contributed by atoms with E-state index in [2.05, 4.69) is 15.4 Å². The summed E-state index contributed by atoms with van der Waals surface area (Å²) in [6.45, 7) is 0.324. The smallest absolute Gasteiger partial charge is 0.319 e. The van der Waals surface area contributed by atoms with E-state index in [1.54, 1.807) is 30.3 Å². The highest BCUT2D eigenvalue weighted by Crippen LogP contribution is 2.27. The van der Waals surface area contributed by atoms with E-state index in [4.69, 9.17) is 11.6 Å². The van der Waals surface area contributed by atoms with Gasteiger partial charge in [-0.1, -0.05) is 78.3 Å². The number of hydrogen-bond donors (Lipinski definition) is 3. The van der Waals surface area contributed by atoms with Crippen LogP contribution in [-0.2, 0) is 17.5 Å². The number of benzene rings is 4. The van der Waals surface area contributed by atoms with Crippen molar-refractivity contribution in [2.75, 3.05) is 10.0 Å². The van der Waals surface area contributed by atoms with Crippen LogP contribution in [0.4, 0.5) is 16.2 Å². The average molecular weight is 476 g/mol. The fraction of sp³-hybridized carbons (Fsp3) is 0.0385. The number of anilines is 2. The summed E-state index contributed by atoms with van der Waals surface area (Å²) in [5.41, 5.74) is 4.06. The summed E-state index contributed by atoms with van der Waals surface area (Å²) in [4.78, 5) is 12.9. The SMILES string of the molecule is O=C(NCc1ccccc1Cl)Nc1ccc(NS(=O)c2ccccc2-c2ccccc2)cc1. The second-order valence-corrected chi connectivity index (χ2v) is 8.80. The van der Waals surface area contributed by atoms with Crippen molar-refractivity contribution in [2.24, 2.45) is 0 Å². The molecule has 2 amide bonds. The number of rotatable bonds is 7. The molecule has 3 N–H and O–H groups in total. The molecular formula is C26H22ClN3O2S. The molecule has 4 aromatic carbocycles. The first-order valence-corrected chi connectivity index (χ1v) is 11.8. The summed E-state index contributed by atoms with van der Waals surface area (Å²) in [6.07, 6.45) is 0. The summed E-state index contributed by atoms with van der Waals surface area (Å²) in [5, 5.41) is 6.16. The lowest BCUT2D eigenvalue weighted by atomic mass is 10.1. The summed E-state index contributed by atoms with van der Waals surface area (Å²) < 4.78 is 16.1. The molecule has 0 aliphatic rings. The molecule has 0 heterocycles. The predicted molar refractivity (Wildman–Crippen MR) is 136 cm³/mol. The second kappa shape index (κ2) is 10.8. The van der Waals surface area contributed by atoms with Crippen molar-refractivity contribution >= 4 is 40.0 Å². The van der Waals surface area contributed by atoms with E-state index < -0.39 is 11.0 Å². The van der Waals surface area contributed by atoms with E-state index in [1.807, 2.05) is 72.8 Å². The Bertz CT molecular complexity index is 1260. The molecule has 5 nitrogen and oxygen atoms in total. The summed E-state index contributed by atoms with van der Waals surface area (Å²) in [7, 11) is -1.45. The molecule has 4 aromatic rings. The van der Waals surface area contributed by atoms with Gasteiger partial charge >= 0.3 is 6.03 Å². The number of hydrogen-bond acceptors (Lipinski definition) is 2. The second-order valence-electron chi connectivity index (χ2n) is 7.21. The molecule has 0 aliphatic heterocycles. The molecule has 0 aliphatic carbocycles. The molecule has 0 saturated heterocycles. The number of amides is 2. The third-order valence-electron chi connectivity index (χ3n) is 4.92. The molecule has 0 radical (unpaired) electrons. The highest BCUT2D eigenvalue weighted by Gasteiger charge is 2.11. The van der Waals surface area contributed by atoms with E-state index in [1.165, 1.54) is 0 Å². The van der Waals surface area contributed by atoms with E-state index in [9.17, 15) is 9.00 Å². The zero-order chi connectivity index (χ0) is 23.0. The quantitative estimate of drug-likeness (QED) is 0.287. The van der Waals surface area contributed by atoms with Crippen molar-refractivity contribution < 1.29 is 9.00 Å². The standard InChI is InChI=1S/C26H22ClN3O2S/c27-24-12-6-4-10-20(24)18-28-26(31)29-21-14-16-22(17-15-21)30-33(32)25-13-7-5-11-23(25)19-8-2-1-3-9-19/h1-17,30H,18H2,(H2,28,29,31). The molecule has 7 heteroatoms. The van der Waals surface area contributed by atoms with Crippen molar-refractivity contribution in [3.63, 3.8) is 0 Å². The summed E-state index contributed by atoms with van der Waals surface area (Å²) >= 11 is 6.11. The Morgan fingerprint density at radius 3 is 2.15 bits per heavy atom. The van der Waals surface area contributed by atoms with Gasteiger partial charge in [-0.2, -0.15) is 0 Å². The van der Waals surface area contributed by atoms with Crippen LogP contribution in [0.15, 0.2) is 108 Å². The molecule has 0 aromatic heterocycles. The maximum absolute atomic E-state index is 13.0. The van der Waals surface area contributed by atoms with Gasteiger partial charge in [-0.25, -0.2) is 9.00 Å². The fourth-order valence-corrected chi connectivity index (χ4v) is 4.51. The first-order chi connectivity index (χ1) is 16.1. The normalized spacial score (nSPS) is 11.4. The molecule has 0 saturated carbocycles. The van der Waals surface area contributed by atoms with Crippen molar-refractivity contribution in [3.8, 4) is 11.1 Å². The molecule has 33 heavy (non-hydrogen) atoms. The third kappa shape index (κ3) is 6.00. The van der Waals surface area contributed by atoms with Crippen LogP contribution >= 0.6 is 11.6 Å². The van der Waals surface area contributed by atoms with E-state index in [0.29, 0.717) is 27.8 Å². The lowest BCUT2D eigenvalue weighted by Crippen LogP contribution is -2.28. The van der Waals surface area contributed by atoms with Gasteiger partial charge in [0.2, 0.25) is 0 Å². The number of halogens is 1. The first-order valence-electron chi connectivity index (χ1n) is 10.3. The van der Waals surface area contributed by atoms with Crippen LogP contribution in [0.5, 0.6) is 0 Å². The van der Waals surface area contributed by atoms with Gasteiger partial charge in [-0.3, -0.25) is 0 Å². The topological polar surface area (TPSA) is 70.2 Å². The van der Waals surface area contributed by atoms with E-state index in [0.717, 1.165) is 16.7 Å².